The van der Waals surface area contributed by atoms with Gasteiger partial charge in [-0.1, -0.05) is 6.08 Å². The second-order valence-electron chi connectivity index (χ2n) is 4.68. The molecule has 2 aliphatic rings. The van der Waals surface area contributed by atoms with Crippen LogP contribution in [-0.4, -0.2) is 34.1 Å². The van der Waals surface area contributed by atoms with Crippen LogP contribution in [0.25, 0.3) is 0 Å². The monoisotopic (exact) mass is 297 g/mol. The van der Waals surface area contributed by atoms with E-state index in [1.807, 2.05) is 12.1 Å². The van der Waals surface area contributed by atoms with E-state index in [-0.39, 0.29) is 18.6 Å². The third-order valence-electron chi connectivity index (χ3n) is 3.22. The van der Waals surface area contributed by atoms with Crippen molar-refractivity contribution in [3.8, 4) is 17.2 Å². The van der Waals surface area contributed by atoms with Crippen molar-refractivity contribution in [3.05, 3.63) is 29.2 Å². The van der Waals surface area contributed by atoms with Crippen molar-refractivity contribution in [1.82, 2.24) is 5.32 Å². The summed E-state index contributed by atoms with van der Waals surface area (Å²) in [5.74, 6) is 1.98. The fourth-order valence-electron chi connectivity index (χ4n) is 2.24. The molecule has 0 aromatic heterocycles. The lowest BCUT2D eigenvalue weighted by Gasteiger charge is -2.12. The Hall–Kier alpha value is -1.73. The van der Waals surface area contributed by atoms with Gasteiger partial charge in [0.1, 0.15) is 0 Å². The molecule has 1 atom stereocenters. The van der Waals surface area contributed by atoms with E-state index in [4.69, 9.17) is 14.2 Å². The van der Waals surface area contributed by atoms with Crippen LogP contribution in [0.1, 0.15) is 5.56 Å². The number of rotatable bonds is 4. The van der Waals surface area contributed by atoms with E-state index in [2.05, 4.69) is 5.32 Å². The molecule has 0 saturated heterocycles. The second-order valence-corrected chi connectivity index (χ2v) is 6.61. The molecule has 1 N–H and O–H groups in total. The molecule has 0 radical (unpaired) electrons. The quantitative estimate of drug-likeness (QED) is 0.887. The van der Waals surface area contributed by atoms with Crippen LogP contribution in [0.15, 0.2) is 23.6 Å². The van der Waals surface area contributed by atoms with Gasteiger partial charge >= 0.3 is 0 Å². The van der Waals surface area contributed by atoms with Gasteiger partial charge in [0.05, 0.1) is 12.9 Å². The smallest absolute Gasteiger partial charge is 0.231 e. The molecular formula is C13H15NO5S. The van der Waals surface area contributed by atoms with Crippen LogP contribution in [-0.2, 0) is 16.4 Å². The average Bonchev–Trinajstić information content (AvgIpc) is 3.01. The second kappa shape index (κ2) is 4.99. The molecule has 0 spiro atoms. The van der Waals surface area contributed by atoms with Crippen LogP contribution in [0.2, 0.25) is 0 Å². The van der Waals surface area contributed by atoms with Gasteiger partial charge in [-0.15, -0.1) is 0 Å². The van der Waals surface area contributed by atoms with Crippen LogP contribution < -0.4 is 19.5 Å². The lowest BCUT2D eigenvalue weighted by Crippen LogP contribution is -2.29. The standard InChI is InChI=1S/C13H15NO5S/c1-17-11-4-9(5-12-13(11)19-8-18-12)6-14-10-2-3-20(15,16)7-10/h2-5,10,14H,6-8H2,1H3. The molecule has 2 aliphatic heterocycles. The summed E-state index contributed by atoms with van der Waals surface area (Å²) in [6.07, 6.45) is 1.67. The molecule has 20 heavy (non-hydrogen) atoms. The Kier molecular flexibility index (Phi) is 3.31. The van der Waals surface area contributed by atoms with Gasteiger partial charge in [0, 0.05) is 18.0 Å². The Balaban J connectivity index is 1.71. The van der Waals surface area contributed by atoms with Gasteiger partial charge in [-0.25, -0.2) is 8.42 Å². The number of benzene rings is 1. The number of hydrogen-bond acceptors (Lipinski definition) is 6. The van der Waals surface area contributed by atoms with Gasteiger partial charge in [-0.05, 0) is 17.7 Å². The van der Waals surface area contributed by atoms with E-state index in [9.17, 15) is 8.42 Å². The van der Waals surface area contributed by atoms with Crippen LogP contribution in [0.5, 0.6) is 17.2 Å². The normalized spacial score (nSPS) is 22.1. The Morgan fingerprint density at radius 3 is 2.95 bits per heavy atom. The van der Waals surface area contributed by atoms with Crippen molar-refractivity contribution in [1.29, 1.82) is 0 Å². The van der Waals surface area contributed by atoms with E-state index in [0.717, 1.165) is 5.56 Å². The van der Waals surface area contributed by atoms with Gasteiger partial charge in [0.15, 0.2) is 21.3 Å². The fraction of sp³-hybridized carbons (Fsp3) is 0.385. The predicted octanol–water partition coefficient (Wildman–Crippen LogP) is 0.824. The maximum Gasteiger partial charge on any atom is 0.231 e. The first-order chi connectivity index (χ1) is 9.57. The van der Waals surface area contributed by atoms with Crippen LogP contribution >= 0.6 is 0 Å². The maximum atomic E-state index is 11.3. The molecule has 3 rings (SSSR count). The minimum atomic E-state index is -3.03. The molecular weight excluding hydrogens is 282 g/mol. The van der Waals surface area contributed by atoms with Crippen molar-refractivity contribution in [2.75, 3.05) is 19.7 Å². The Morgan fingerprint density at radius 1 is 1.40 bits per heavy atom. The lowest BCUT2D eigenvalue weighted by molar-refractivity contribution is 0.171. The maximum absolute atomic E-state index is 11.3. The molecule has 1 unspecified atom stereocenters. The SMILES string of the molecule is COc1cc(CNC2C=CS(=O)(=O)C2)cc2c1OCO2. The van der Waals surface area contributed by atoms with Crippen molar-refractivity contribution in [2.24, 2.45) is 0 Å². The first-order valence-corrected chi connectivity index (χ1v) is 7.90. The molecule has 1 aromatic carbocycles. The zero-order valence-corrected chi connectivity index (χ0v) is 11.8. The Morgan fingerprint density at radius 2 is 2.25 bits per heavy atom. The summed E-state index contributed by atoms with van der Waals surface area (Å²) < 4.78 is 38.6. The van der Waals surface area contributed by atoms with Gasteiger partial charge in [-0.3, -0.25) is 0 Å². The summed E-state index contributed by atoms with van der Waals surface area (Å²) in [6, 6.07) is 3.56. The molecule has 2 heterocycles. The highest BCUT2D eigenvalue weighted by atomic mass is 32.2. The summed E-state index contributed by atoms with van der Waals surface area (Å²) in [7, 11) is -1.46. The van der Waals surface area contributed by atoms with Gasteiger partial charge < -0.3 is 19.5 Å². The molecule has 0 fully saturated rings. The number of nitrogens with one attached hydrogen (secondary N) is 1. The van der Waals surface area contributed by atoms with Crippen molar-refractivity contribution < 1.29 is 22.6 Å². The molecule has 1 aromatic rings. The third-order valence-corrected chi connectivity index (χ3v) is 4.61. The Bertz CT molecular complexity index is 653. The zero-order valence-electron chi connectivity index (χ0n) is 11.0. The lowest BCUT2D eigenvalue weighted by atomic mass is 10.1. The number of ether oxygens (including phenoxy) is 3. The summed E-state index contributed by atoms with van der Waals surface area (Å²) in [5, 5.41) is 4.43. The van der Waals surface area contributed by atoms with Crippen molar-refractivity contribution >= 4 is 9.84 Å². The summed E-state index contributed by atoms with van der Waals surface area (Å²) >= 11 is 0. The van der Waals surface area contributed by atoms with Crippen molar-refractivity contribution in [3.63, 3.8) is 0 Å². The summed E-state index contributed by atoms with van der Waals surface area (Å²) in [4.78, 5) is 0. The highest BCUT2D eigenvalue weighted by Crippen LogP contribution is 2.41. The van der Waals surface area contributed by atoms with Crippen LogP contribution in [0.3, 0.4) is 0 Å². The predicted molar refractivity (Wildman–Crippen MR) is 72.7 cm³/mol. The Labute approximate surface area is 117 Å². The number of hydrogen-bond donors (Lipinski definition) is 1. The van der Waals surface area contributed by atoms with Crippen molar-refractivity contribution in [2.45, 2.75) is 12.6 Å². The fourth-order valence-corrected chi connectivity index (χ4v) is 3.51. The van der Waals surface area contributed by atoms with Crippen LogP contribution in [0, 0.1) is 0 Å². The topological polar surface area (TPSA) is 73.9 Å². The van der Waals surface area contributed by atoms with Gasteiger partial charge in [0.2, 0.25) is 12.5 Å². The van der Waals surface area contributed by atoms with Gasteiger partial charge in [0.25, 0.3) is 0 Å². The van der Waals surface area contributed by atoms with Crippen LogP contribution in [0.4, 0.5) is 0 Å². The average molecular weight is 297 g/mol. The molecule has 0 amide bonds. The zero-order chi connectivity index (χ0) is 14.2. The number of sulfone groups is 1. The third kappa shape index (κ3) is 2.59. The van der Waals surface area contributed by atoms with E-state index < -0.39 is 9.84 Å². The number of fused-ring (bicyclic) bond motifs is 1. The molecule has 6 nitrogen and oxygen atoms in total. The summed E-state index contributed by atoms with van der Waals surface area (Å²) in [5.41, 5.74) is 0.948. The van der Waals surface area contributed by atoms with E-state index >= 15 is 0 Å². The van der Waals surface area contributed by atoms with Gasteiger partial charge in [-0.2, -0.15) is 0 Å². The highest BCUT2D eigenvalue weighted by Gasteiger charge is 2.23. The first kappa shape index (κ1) is 13.3. The molecule has 0 aliphatic carbocycles. The largest absolute Gasteiger partial charge is 0.493 e. The molecule has 108 valence electrons. The van der Waals surface area contributed by atoms with E-state index in [1.54, 1.807) is 13.2 Å². The molecule has 0 saturated carbocycles. The number of methoxy groups -OCH3 is 1. The molecule has 0 bridgehead atoms. The van der Waals surface area contributed by atoms with E-state index in [1.165, 1.54) is 5.41 Å². The van der Waals surface area contributed by atoms with E-state index in [0.29, 0.717) is 23.8 Å². The highest BCUT2D eigenvalue weighted by molar-refractivity contribution is 7.94. The first-order valence-electron chi connectivity index (χ1n) is 6.18. The summed E-state index contributed by atoms with van der Waals surface area (Å²) in [6.45, 7) is 0.712. The minimum Gasteiger partial charge on any atom is -0.493 e. The minimum absolute atomic E-state index is 0.106. The molecule has 7 heteroatoms.